The van der Waals surface area contributed by atoms with Gasteiger partial charge in [0, 0.05) is 24.4 Å². The Bertz CT molecular complexity index is 1240. The van der Waals surface area contributed by atoms with E-state index in [2.05, 4.69) is 0 Å². The Balaban J connectivity index is 1.43. The fourth-order valence-corrected chi connectivity index (χ4v) is 9.13. The number of furan rings is 1. The number of alkyl halides is 2. The highest BCUT2D eigenvalue weighted by atomic mass is 19.1. The Labute approximate surface area is 213 Å². The number of rotatable bonds is 3. The van der Waals surface area contributed by atoms with Gasteiger partial charge in [0.05, 0.1) is 17.8 Å². The van der Waals surface area contributed by atoms with Gasteiger partial charge < -0.3 is 19.5 Å². The van der Waals surface area contributed by atoms with Crippen LogP contribution in [0.4, 0.5) is 8.78 Å². The molecule has 4 aliphatic carbocycles. The maximum atomic E-state index is 17.4. The van der Waals surface area contributed by atoms with Crippen LogP contribution >= 0.6 is 0 Å². The van der Waals surface area contributed by atoms with Crippen LogP contribution in [0.15, 0.2) is 46.6 Å². The Morgan fingerprint density at radius 1 is 1.24 bits per heavy atom. The van der Waals surface area contributed by atoms with Gasteiger partial charge in [-0.25, -0.2) is 8.78 Å². The van der Waals surface area contributed by atoms with Gasteiger partial charge in [0.25, 0.3) is 5.91 Å². The molecule has 0 aromatic carbocycles. The zero-order chi connectivity index (χ0) is 26.5. The Hall–Kier alpha value is -2.65. The molecule has 198 valence electrons. The van der Waals surface area contributed by atoms with Crippen molar-refractivity contribution >= 4 is 17.5 Å². The quantitative estimate of drug-likeness (QED) is 0.641. The summed E-state index contributed by atoms with van der Waals surface area (Å²) in [5, 5.41) is 21.6. The van der Waals surface area contributed by atoms with E-state index < -0.39 is 64.2 Å². The third kappa shape index (κ3) is 2.79. The van der Waals surface area contributed by atoms with Crippen LogP contribution in [-0.2, 0) is 9.59 Å². The Morgan fingerprint density at radius 3 is 2.68 bits per heavy atom. The number of aliphatic hydroxyl groups excluding tert-OH is 2. The molecule has 2 N–H and O–H groups in total. The van der Waals surface area contributed by atoms with Gasteiger partial charge in [-0.15, -0.1) is 0 Å². The minimum absolute atomic E-state index is 0.0121. The fraction of sp³-hybridized carbons (Fsp3) is 0.607. The Kier molecular flexibility index (Phi) is 5.13. The summed E-state index contributed by atoms with van der Waals surface area (Å²) in [4.78, 5) is 40.2. The lowest BCUT2D eigenvalue weighted by molar-refractivity contribution is -0.211. The van der Waals surface area contributed by atoms with Crippen molar-refractivity contribution in [3.8, 4) is 0 Å². The molecule has 9 heteroatoms. The largest absolute Gasteiger partial charge is 0.459 e. The number of Topliss-reactive ketones (excluding diaryl/α,β-unsaturated/α-hetero) is 1. The predicted molar refractivity (Wildman–Crippen MR) is 127 cm³/mol. The van der Waals surface area contributed by atoms with Crippen molar-refractivity contribution in [1.82, 2.24) is 4.90 Å². The predicted octanol–water partition coefficient (Wildman–Crippen LogP) is 2.83. The second-order valence-electron chi connectivity index (χ2n) is 12.0. The maximum Gasteiger partial charge on any atom is 0.289 e. The lowest BCUT2D eigenvalue weighted by Gasteiger charge is -2.63. The van der Waals surface area contributed by atoms with Crippen molar-refractivity contribution in [2.24, 2.45) is 34.0 Å². The number of allylic oxidation sites excluding steroid dienone is 4. The van der Waals surface area contributed by atoms with Crippen molar-refractivity contribution < 1.29 is 37.8 Å². The summed E-state index contributed by atoms with van der Waals surface area (Å²) in [6.07, 6.45) is 2.13. The molecular weight excluding hydrogens is 484 g/mol. The molecule has 5 aliphatic rings. The lowest BCUT2D eigenvalue weighted by Crippen LogP contribution is -2.69. The number of carbonyl (C=O) groups excluding carboxylic acids is 3. The van der Waals surface area contributed by atoms with E-state index in [1.165, 1.54) is 18.4 Å². The number of fused-ring (bicyclic) bond motifs is 7. The second kappa shape index (κ2) is 7.69. The van der Waals surface area contributed by atoms with E-state index in [4.69, 9.17) is 4.42 Å². The minimum Gasteiger partial charge on any atom is -0.459 e. The van der Waals surface area contributed by atoms with Gasteiger partial charge in [-0.2, -0.15) is 0 Å². The van der Waals surface area contributed by atoms with Crippen LogP contribution in [0.25, 0.3) is 0 Å². The molecule has 7 nitrogen and oxygen atoms in total. The van der Waals surface area contributed by atoms with E-state index in [1.807, 2.05) is 6.92 Å². The first-order valence-corrected chi connectivity index (χ1v) is 12.9. The number of ketones is 2. The molecule has 0 radical (unpaired) electrons. The number of nitrogens with zero attached hydrogens (tertiary/aromatic N) is 1. The molecular formula is C28H31F2NO6. The topological polar surface area (TPSA) is 108 Å². The minimum atomic E-state index is -2.24. The third-order valence-electron chi connectivity index (χ3n) is 10.8. The van der Waals surface area contributed by atoms with Gasteiger partial charge >= 0.3 is 0 Å². The van der Waals surface area contributed by atoms with Crippen LogP contribution < -0.4 is 0 Å². The van der Waals surface area contributed by atoms with Gasteiger partial charge in [0.1, 0.15) is 12.8 Å². The molecule has 1 amide bonds. The van der Waals surface area contributed by atoms with E-state index in [1.54, 1.807) is 24.0 Å². The molecule has 9 atom stereocenters. The molecule has 0 bridgehead atoms. The van der Waals surface area contributed by atoms with E-state index >= 15 is 8.78 Å². The zero-order valence-electron chi connectivity index (χ0n) is 20.8. The van der Waals surface area contributed by atoms with Gasteiger partial charge in [0.2, 0.25) is 0 Å². The number of hydrogen-bond acceptors (Lipinski definition) is 6. The molecule has 3 saturated carbocycles. The van der Waals surface area contributed by atoms with Crippen molar-refractivity contribution in [3.05, 3.63) is 48.0 Å². The number of likely N-dealkylation sites (tertiary alicyclic amines) is 1. The van der Waals surface area contributed by atoms with E-state index in [0.29, 0.717) is 6.42 Å². The average Bonchev–Trinajstić information content (AvgIpc) is 3.58. The normalized spacial score (nSPS) is 46.1. The summed E-state index contributed by atoms with van der Waals surface area (Å²) in [5.74, 6) is -2.86. The molecule has 6 rings (SSSR count). The summed E-state index contributed by atoms with van der Waals surface area (Å²) in [6, 6.07) is 3.14. The molecule has 2 unspecified atom stereocenters. The smallest absolute Gasteiger partial charge is 0.289 e. The summed E-state index contributed by atoms with van der Waals surface area (Å²) >= 11 is 0. The first-order chi connectivity index (χ1) is 17.4. The number of aliphatic hydroxyl groups is 2. The molecule has 1 aromatic heterocycles. The SMILES string of the molecule is C[C@]12C=CC(=O)C=C1[C@@H](F)CC1C3C[C@H]4CN(C(=O)c5ccco5)C[C@@]4(C(=O)CO)[C@@]3(C)C[C@H](O)[C@@]12F. The van der Waals surface area contributed by atoms with Crippen LogP contribution in [0.5, 0.6) is 0 Å². The van der Waals surface area contributed by atoms with Crippen LogP contribution in [0, 0.1) is 34.0 Å². The monoisotopic (exact) mass is 515 g/mol. The van der Waals surface area contributed by atoms with Gasteiger partial charge in [-0.05, 0) is 73.3 Å². The maximum absolute atomic E-state index is 17.4. The first-order valence-electron chi connectivity index (χ1n) is 12.9. The molecule has 1 aromatic rings. The first kappa shape index (κ1) is 24.7. The van der Waals surface area contributed by atoms with E-state index in [9.17, 15) is 24.6 Å². The summed E-state index contributed by atoms with van der Waals surface area (Å²) in [7, 11) is 0. The summed E-state index contributed by atoms with van der Waals surface area (Å²) in [6.45, 7) is 2.86. The molecule has 0 spiro atoms. The van der Waals surface area contributed by atoms with Crippen molar-refractivity contribution in [2.75, 3.05) is 19.7 Å². The highest BCUT2D eigenvalue weighted by Crippen LogP contribution is 2.74. The van der Waals surface area contributed by atoms with Crippen molar-refractivity contribution in [2.45, 2.75) is 51.1 Å². The molecule has 1 saturated heterocycles. The molecule has 2 heterocycles. The number of halogens is 2. The highest BCUT2D eigenvalue weighted by Gasteiger charge is 2.78. The van der Waals surface area contributed by atoms with Crippen LogP contribution in [0.3, 0.4) is 0 Å². The number of hydrogen-bond donors (Lipinski definition) is 2. The molecule has 37 heavy (non-hydrogen) atoms. The highest BCUT2D eigenvalue weighted by molar-refractivity contribution is 6.01. The van der Waals surface area contributed by atoms with E-state index in [-0.39, 0.29) is 49.1 Å². The van der Waals surface area contributed by atoms with Gasteiger partial charge in [-0.3, -0.25) is 14.4 Å². The fourth-order valence-electron chi connectivity index (χ4n) is 9.13. The number of carbonyl (C=O) groups is 3. The summed E-state index contributed by atoms with van der Waals surface area (Å²) < 4.78 is 38.3. The second-order valence-corrected chi connectivity index (χ2v) is 12.0. The zero-order valence-corrected chi connectivity index (χ0v) is 20.8. The molecule has 4 fully saturated rings. The van der Waals surface area contributed by atoms with E-state index in [0.717, 1.165) is 6.08 Å². The van der Waals surface area contributed by atoms with Gasteiger partial charge in [-0.1, -0.05) is 13.0 Å². The third-order valence-corrected chi connectivity index (χ3v) is 10.8. The Morgan fingerprint density at radius 2 is 2.00 bits per heavy atom. The van der Waals surface area contributed by atoms with Crippen LogP contribution in [0.1, 0.15) is 43.7 Å². The van der Waals surface area contributed by atoms with Gasteiger partial charge in [0.15, 0.2) is 23.0 Å². The van der Waals surface area contributed by atoms with Crippen LogP contribution in [-0.4, -0.2) is 70.2 Å². The van der Waals surface area contributed by atoms with Crippen LogP contribution in [0.2, 0.25) is 0 Å². The standard InChI is InChI=1S/C28H31F2NO6/c1-25-6-5-16(33)9-19(25)20(29)10-18-17-8-15-12-31(24(36)21-4-3-7-37-21)14-27(15,23(35)13-32)26(17,2)11-22(34)28(18,25)30/h3-7,9,15,17-18,20,22,32,34H,8,10-14H2,1-2H3/t15-,17?,18?,20-,22-,25-,26-,27+,28-/m0/s1. The van der Waals surface area contributed by atoms with Crippen molar-refractivity contribution in [3.63, 3.8) is 0 Å². The summed E-state index contributed by atoms with van der Waals surface area (Å²) in [5.41, 5.74) is -5.89. The molecule has 1 aliphatic heterocycles. The lowest BCUT2D eigenvalue weighted by atomic mass is 9.43. The van der Waals surface area contributed by atoms with Crippen molar-refractivity contribution in [1.29, 1.82) is 0 Å². The average molecular weight is 516 g/mol. The number of amides is 1.